The van der Waals surface area contributed by atoms with Gasteiger partial charge in [0.05, 0.1) is 22.1 Å². The molecule has 5 aromatic rings. The number of nitrogens with zero attached hydrogens (tertiary/aromatic N) is 3. The van der Waals surface area contributed by atoms with E-state index in [2.05, 4.69) is 4.98 Å². The van der Waals surface area contributed by atoms with E-state index in [1.165, 1.54) is 0 Å². The van der Waals surface area contributed by atoms with Crippen molar-refractivity contribution in [3.05, 3.63) is 99.9 Å². The lowest BCUT2D eigenvalue weighted by molar-refractivity contribution is 0.976. The summed E-state index contributed by atoms with van der Waals surface area (Å²) >= 11 is 6.08. The monoisotopic (exact) mass is 397 g/mol. The molecule has 140 valence electrons. The lowest BCUT2D eigenvalue weighted by Gasteiger charge is -2.15. The Bertz CT molecular complexity index is 1420. The van der Waals surface area contributed by atoms with E-state index < -0.39 is 0 Å². The molecule has 0 saturated carbocycles. The third-order valence-electron chi connectivity index (χ3n) is 5.01. The van der Waals surface area contributed by atoms with Gasteiger partial charge in [-0.2, -0.15) is 0 Å². The van der Waals surface area contributed by atoms with Gasteiger partial charge in [0.1, 0.15) is 5.82 Å². The van der Waals surface area contributed by atoms with Gasteiger partial charge in [-0.25, -0.2) is 4.98 Å². The van der Waals surface area contributed by atoms with Gasteiger partial charge < -0.3 is 0 Å². The van der Waals surface area contributed by atoms with Crippen molar-refractivity contribution < 1.29 is 0 Å². The number of fused-ring (bicyclic) bond motifs is 3. The molecule has 2 aromatic heterocycles. The zero-order valence-electron chi connectivity index (χ0n) is 15.6. The minimum absolute atomic E-state index is 0.116. The molecule has 0 aliphatic heterocycles. The molecule has 2 heterocycles. The van der Waals surface area contributed by atoms with Crippen LogP contribution in [-0.2, 0) is 0 Å². The number of rotatable bonds is 2. The molecule has 0 fully saturated rings. The van der Waals surface area contributed by atoms with Crippen molar-refractivity contribution in [3.63, 3.8) is 0 Å². The minimum atomic E-state index is -0.116. The number of halogens is 1. The third-order valence-corrected chi connectivity index (χ3v) is 5.27. The van der Waals surface area contributed by atoms with Crippen LogP contribution in [0.25, 0.3) is 38.9 Å². The largest absolute Gasteiger partial charge is 0.268 e. The molecule has 0 N–H and O–H groups in total. The fourth-order valence-corrected chi connectivity index (χ4v) is 3.65. The van der Waals surface area contributed by atoms with Crippen molar-refractivity contribution in [2.45, 2.75) is 6.92 Å². The van der Waals surface area contributed by atoms with Crippen LogP contribution in [0.2, 0.25) is 5.02 Å². The predicted molar refractivity (Wildman–Crippen MR) is 118 cm³/mol. The molecule has 5 rings (SSSR count). The van der Waals surface area contributed by atoms with E-state index in [1.807, 2.05) is 61.5 Å². The SMILES string of the molecule is Cc1ccc(-n2c(-c3ccc(Cl)cc3)nc3c(ccc4ncccc43)c2=O)cc1. The first-order chi connectivity index (χ1) is 14.1. The average molecular weight is 398 g/mol. The van der Waals surface area contributed by atoms with Crippen LogP contribution >= 0.6 is 11.6 Å². The summed E-state index contributed by atoms with van der Waals surface area (Å²) in [6.07, 6.45) is 1.74. The van der Waals surface area contributed by atoms with E-state index in [-0.39, 0.29) is 5.56 Å². The average Bonchev–Trinajstić information content (AvgIpc) is 2.75. The van der Waals surface area contributed by atoms with Gasteiger partial charge in [0, 0.05) is 22.2 Å². The molecule has 0 amide bonds. The second-order valence-corrected chi connectivity index (χ2v) is 7.39. The van der Waals surface area contributed by atoms with E-state index in [0.717, 1.165) is 27.7 Å². The lowest BCUT2D eigenvalue weighted by Crippen LogP contribution is -2.22. The number of pyridine rings is 1. The highest BCUT2D eigenvalue weighted by Crippen LogP contribution is 2.27. The van der Waals surface area contributed by atoms with E-state index in [9.17, 15) is 4.79 Å². The highest BCUT2D eigenvalue weighted by molar-refractivity contribution is 6.30. The van der Waals surface area contributed by atoms with Crippen molar-refractivity contribution >= 4 is 33.4 Å². The summed E-state index contributed by atoms with van der Waals surface area (Å²) in [6, 6.07) is 22.7. The number of hydrogen-bond acceptors (Lipinski definition) is 3. The van der Waals surface area contributed by atoms with Crippen LogP contribution < -0.4 is 5.56 Å². The predicted octanol–water partition coefficient (Wildman–Crippen LogP) is 5.56. The molecule has 0 unspecified atom stereocenters. The number of hydrogen-bond donors (Lipinski definition) is 0. The first-order valence-corrected chi connectivity index (χ1v) is 9.63. The Morgan fingerprint density at radius 1 is 0.862 bits per heavy atom. The number of aromatic nitrogens is 3. The number of benzene rings is 3. The van der Waals surface area contributed by atoms with E-state index in [0.29, 0.717) is 21.7 Å². The van der Waals surface area contributed by atoms with Gasteiger partial charge in [-0.1, -0.05) is 29.3 Å². The maximum absolute atomic E-state index is 13.6. The van der Waals surface area contributed by atoms with Crippen molar-refractivity contribution in [2.75, 3.05) is 0 Å². The highest BCUT2D eigenvalue weighted by atomic mass is 35.5. The molecule has 0 aliphatic rings. The molecule has 0 saturated heterocycles. The lowest BCUT2D eigenvalue weighted by atomic mass is 10.1. The van der Waals surface area contributed by atoms with Crippen LogP contribution in [0.15, 0.2) is 83.8 Å². The van der Waals surface area contributed by atoms with Gasteiger partial charge in [-0.15, -0.1) is 0 Å². The van der Waals surface area contributed by atoms with Gasteiger partial charge in [0.25, 0.3) is 5.56 Å². The topological polar surface area (TPSA) is 47.8 Å². The van der Waals surface area contributed by atoms with Gasteiger partial charge in [0.15, 0.2) is 0 Å². The van der Waals surface area contributed by atoms with E-state index in [4.69, 9.17) is 16.6 Å². The second-order valence-electron chi connectivity index (χ2n) is 6.95. The van der Waals surface area contributed by atoms with Crippen molar-refractivity contribution in [1.82, 2.24) is 14.5 Å². The minimum Gasteiger partial charge on any atom is -0.268 e. The van der Waals surface area contributed by atoms with Gasteiger partial charge in [-0.3, -0.25) is 14.3 Å². The molecule has 5 heteroatoms. The Kier molecular flexibility index (Phi) is 4.14. The zero-order valence-corrected chi connectivity index (χ0v) is 16.4. The summed E-state index contributed by atoms with van der Waals surface area (Å²) in [7, 11) is 0. The molecular formula is C24H16ClN3O. The molecule has 0 radical (unpaired) electrons. The van der Waals surface area contributed by atoms with Crippen molar-refractivity contribution in [1.29, 1.82) is 0 Å². The fraction of sp³-hybridized carbons (Fsp3) is 0.0417. The number of aryl methyl sites for hydroxylation is 1. The van der Waals surface area contributed by atoms with E-state index >= 15 is 0 Å². The standard InChI is InChI=1S/C24H16ClN3O/c1-15-4-10-18(11-5-15)28-23(16-6-8-17(25)9-7-16)27-22-19-3-2-14-26-21(19)13-12-20(22)24(28)29/h2-14H,1H3. The quantitative estimate of drug-likeness (QED) is 0.366. The normalized spacial score (nSPS) is 11.2. The molecule has 4 nitrogen and oxygen atoms in total. The highest BCUT2D eigenvalue weighted by Gasteiger charge is 2.16. The first-order valence-electron chi connectivity index (χ1n) is 9.25. The van der Waals surface area contributed by atoms with Gasteiger partial charge in [0.2, 0.25) is 0 Å². The van der Waals surface area contributed by atoms with Crippen LogP contribution in [0.1, 0.15) is 5.56 Å². The fourth-order valence-electron chi connectivity index (χ4n) is 3.53. The molecule has 0 aliphatic carbocycles. The maximum atomic E-state index is 13.6. The summed E-state index contributed by atoms with van der Waals surface area (Å²) in [4.78, 5) is 22.9. The van der Waals surface area contributed by atoms with Gasteiger partial charge >= 0.3 is 0 Å². The summed E-state index contributed by atoms with van der Waals surface area (Å²) in [5, 5.41) is 2.05. The van der Waals surface area contributed by atoms with Crippen molar-refractivity contribution in [2.24, 2.45) is 0 Å². The Hall–Kier alpha value is -3.50. The summed E-state index contributed by atoms with van der Waals surface area (Å²) < 4.78 is 1.66. The Balaban J connectivity index is 1.93. The molecule has 0 bridgehead atoms. The summed E-state index contributed by atoms with van der Waals surface area (Å²) in [5.41, 5.74) is 4.05. The first kappa shape index (κ1) is 17.6. The molecule has 3 aromatic carbocycles. The van der Waals surface area contributed by atoms with Crippen LogP contribution in [0, 0.1) is 6.92 Å². The maximum Gasteiger partial charge on any atom is 0.266 e. The van der Waals surface area contributed by atoms with E-state index in [1.54, 1.807) is 29.0 Å². The van der Waals surface area contributed by atoms with Crippen LogP contribution in [0.3, 0.4) is 0 Å². The smallest absolute Gasteiger partial charge is 0.266 e. The second kappa shape index (κ2) is 6.83. The molecule has 29 heavy (non-hydrogen) atoms. The molecule has 0 atom stereocenters. The Morgan fingerprint density at radius 2 is 1.62 bits per heavy atom. The molecular weight excluding hydrogens is 382 g/mol. The summed E-state index contributed by atoms with van der Waals surface area (Å²) in [6.45, 7) is 2.02. The van der Waals surface area contributed by atoms with Crippen LogP contribution in [-0.4, -0.2) is 14.5 Å². The van der Waals surface area contributed by atoms with Crippen molar-refractivity contribution in [3.8, 4) is 17.1 Å². The molecule has 0 spiro atoms. The third kappa shape index (κ3) is 2.98. The zero-order chi connectivity index (χ0) is 20.0. The van der Waals surface area contributed by atoms with Crippen LogP contribution in [0.4, 0.5) is 0 Å². The van der Waals surface area contributed by atoms with Crippen LogP contribution in [0.5, 0.6) is 0 Å². The van der Waals surface area contributed by atoms with Gasteiger partial charge in [-0.05, 0) is 67.6 Å². The summed E-state index contributed by atoms with van der Waals surface area (Å²) in [5.74, 6) is 0.569. The Labute approximate surface area is 172 Å². The Morgan fingerprint density at radius 3 is 2.38 bits per heavy atom.